The van der Waals surface area contributed by atoms with Crippen LogP contribution in [-0.2, 0) is 16.6 Å². The molecule has 0 unspecified atom stereocenters. The molecule has 1 heterocycles. The Kier molecular flexibility index (Phi) is 5.81. The average Bonchev–Trinajstić information content (AvgIpc) is 2.81. The van der Waals surface area contributed by atoms with Crippen LogP contribution in [0.4, 0.5) is 10.1 Å². The molecule has 1 aromatic heterocycles. The molecule has 0 aliphatic rings. The molecule has 0 radical (unpaired) electrons. The zero-order valence-corrected chi connectivity index (χ0v) is 17.2. The third-order valence-corrected chi connectivity index (χ3v) is 5.04. The number of hydrogen-bond acceptors (Lipinski definition) is 4. The Balaban J connectivity index is 1.70. The predicted octanol–water partition coefficient (Wildman–Crippen LogP) is 4.14. The van der Waals surface area contributed by atoms with Crippen molar-refractivity contribution in [1.29, 1.82) is 0 Å². The van der Waals surface area contributed by atoms with Crippen molar-refractivity contribution in [2.45, 2.75) is 0 Å². The van der Waals surface area contributed by atoms with Crippen LogP contribution < -0.4 is 10.9 Å². The molecule has 0 spiro atoms. The maximum Gasteiger partial charge on any atom is 0.356 e. The predicted molar refractivity (Wildman–Crippen MR) is 120 cm³/mol. The number of amides is 1. The monoisotopic (exact) mass is 430 g/mol. The first kappa shape index (κ1) is 21.0. The van der Waals surface area contributed by atoms with Crippen LogP contribution >= 0.6 is 0 Å². The van der Waals surface area contributed by atoms with Crippen molar-refractivity contribution in [3.63, 3.8) is 0 Å². The van der Waals surface area contributed by atoms with Gasteiger partial charge in [0.05, 0.1) is 5.69 Å². The molecule has 4 rings (SSSR count). The first-order valence-corrected chi connectivity index (χ1v) is 9.86. The SMILES string of the molecule is Cn1c(C(=O)OCC(=O)Nc2ccccc2F)c(-c2ccccc2)c2ccccc2c1=O. The van der Waals surface area contributed by atoms with Crippen molar-refractivity contribution in [2.24, 2.45) is 7.05 Å². The molecule has 0 aliphatic heterocycles. The smallest absolute Gasteiger partial charge is 0.356 e. The number of nitrogens with zero attached hydrogens (tertiary/aromatic N) is 1. The Bertz CT molecular complexity index is 1380. The average molecular weight is 430 g/mol. The topological polar surface area (TPSA) is 77.4 Å². The fourth-order valence-corrected chi connectivity index (χ4v) is 3.55. The lowest BCUT2D eigenvalue weighted by Crippen LogP contribution is -2.28. The van der Waals surface area contributed by atoms with E-state index in [1.54, 1.807) is 30.3 Å². The fourth-order valence-electron chi connectivity index (χ4n) is 3.55. The highest BCUT2D eigenvalue weighted by molar-refractivity contribution is 6.07. The zero-order valence-electron chi connectivity index (χ0n) is 17.2. The Morgan fingerprint density at radius 1 is 0.906 bits per heavy atom. The van der Waals surface area contributed by atoms with Crippen molar-refractivity contribution in [3.05, 3.63) is 101 Å². The lowest BCUT2D eigenvalue weighted by molar-refractivity contribution is -0.119. The summed E-state index contributed by atoms with van der Waals surface area (Å²) in [6.07, 6.45) is 0. The van der Waals surface area contributed by atoms with Crippen molar-refractivity contribution >= 4 is 28.3 Å². The Morgan fingerprint density at radius 2 is 1.53 bits per heavy atom. The van der Waals surface area contributed by atoms with Gasteiger partial charge in [-0.3, -0.25) is 9.59 Å². The van der Waals surface area contributed by atoms with Crippen LogP contribution in [0.25, 0.3) is 21.9 Å². The van der Waals surface area contributed by atoms with E-state index >= 15 is 0 Å². The second-order valence-corrected chi connectivity index (χ2v) is 7.10. The summed E-state index contributed by atoms with van der Waals surface area (Å²) in [7, 11) is 1.48. The molecule has 0 saturated carbocycles. The Labute approximate surface area is 182 Å². The number of esters is 1. The standard InChI is InChI=1S/C25H19FN2O4/c1-28-23(25(31)32-15-21(29)27-20-14-8-7-13-19(20)26)22(16-9-3-2-4-10-16)17-11-5-6-12-18(17)24(28)30/h2-14H,15H2,1H3,(H,27,29). The number of carbonyl (C=O) groups is 2. The zero-order chi connectivity index (χ0) is 22.7. The van der Waals surface area contributed by atoms with Crippen LogP contribution in [0.15, 0.2) is 83.7 Å². The van der Waals surface area contributed by atoms with E-state index in [4.69, 9.17) is 4.74 Å². The van der Waals surface area contributed by atoms with Crippen molar-refractivity contribution in [2.75, 3.05) is 11.9 Å². The number of fused-ring (bicyclic) bond motifs is 1. The number of rotatable bonds is 5. The molecule has 0 aliphatic carbocycles. The number of anilines is 1. The molecule has 0 fully saturated rings. The molecule has 1 amide bonds. The van der Waals surface area contributed by atoms with E-state index in [1.165, 1.54) is 29.8 Å². The van der Waals surface area contributed by atoms with E-state index in [0.29, 0.717) is 16.3 Å². The second kappa shape index (κ2) is 8.85. The second-order valence-electron chi connectivity index (χ2n) is 7.10. The number of nitrogens with one attached hydrogen (secondary N) is 1. The van der Waals surface area contributed by atoms with Gasteiger partial charge in [0.2, 0.25) is 0 Å². The van der Waals surface area contributed by atoms with E-state index in [1.807, 2.05) is 30.3 Å². The highest BCUT2D eigenvalue weighted by Gasteiger charge is 2.23. The van der Waals surface area contributed by atoms with Gasteiger partial charge in [0.15, 0.2) is 6.61 Å². The van der Waals surface area contributed by atoms with Gasteiger partial charge in [0.25, 0.3) is 11.5 Å². The van der Waals surface area contributed by atoms with E-state index < -0.39 is 24.3 Å². The van der Waals surface area contributed by atoms with Crippen LogP contribution in [0, 0.1) is 5.82 Å². The molecule has 32 heavy (non-hydrogen) atoms. The molecule has 6 nitrogen and oxygen atoms in total. The van der Waals surface area contributed by atoms with Gasteiger partial charge in [-0.05, 0) is 29.1 Å². The summed E-state index contributed by atoms with van der Waals surface area (Å²) in [5.74, 6) is -2.14. The first-order chi connectivity index (χ1) is 15.5. The minimum atomic E-state index is -0.835. The number of ether oxygens (including phenoxy) is 1. The summed E-state index contributed by atoms with van der Waals surface area (Å²) < 4.78 is 20.2. The van der Waals surface area contributed by atoms with Gasteiger partial charge < -0.3 is 14.6 Å². The van der Waals surface area contributed by atoms with Gasteiger partial charge in [-0.1, -0.05) is 60.7 Å². The lowest BCUT2D eigenvalue weighted by atomic mass is 9.97. The van der Waals surface area contributed by atoms with Gasteiger partial charge in [-0.2, -0.15) is 0 Å². The number of pyridine rings is 1. The van der Waals surface area contributed by atoms with Crippen molar-refractivity contribution in [1.82, 2.24) is 4.57 Å². The lowest BCUT2D eigenvalue weighted by Gasteiger charge is -2.16. The fraction of sp³-hybridized carbons (Fsp3) is 0.0800. The van der Waals surface area contributed by atoms with Crippen LogP contribution in [0.2, 0.25) is 0 Å². The molecular formula is C25H19FN2O4. The van der Waals surface area contributed by atoms with Crippen LogP contribution in [0.3, 0.4) is 0 Å². The minimum absolute atomic E-state index is 0.0170. The van der Waals surface area contributed by atoms with Gasteiger partial charge in [0.1, 0.15) is 11.5 Å². The summed E-state index contributed by atoms with van der Waals surface area (Å²) in [6.45, 7) is -0.636. The first-order valence-electron chi connectivity index (χ1n) is 9.86. The van der Waals surface area contributed by atoms with E-state index in [9.17, 15) is 18.8 Å². The summed E-state index contributed by atoms with van der Waals surface area (Å²) in [5.41, 5.74) is 0.906. The molecule has 0 bridgehead atoms. The highest BCUT2D eigenvalue weighted by atomic mass is 19.1. The molecule has 7 heteroatoms. The number of carbonyl (C=O) groups excluding carboxylic acids is 2. The van der Waals surface area contributed by atoms with Crippen LogP contribution in [-0.4, -0.2) is 23.1 Å². The van der Waals surface area contributed by atoms with E-state index in [-0.39, 0.29) is 16.9 Å². The molecule has 0 saturated heterocycles. The number of para-hydroxylation sites is 1. The largest absolute Gasteiger partial charge is 0.451 e. The van der Waals surface area contributed by atoms with Gasteiger partial charge in [0, 0.05) is 18.0 Å². The Morgan fingerprint density at radius 3 is 2.25 bits per heavy atom. The van der Waals surface area contributed by atoms with E-state index in [2.05, 4.69) is 5.32 Å². The molecule has 4 aromatic rings. The number of aromatic nitrogens is 1. The quantitative estimate of drug-likeness (QED) is 0.483. The minimum Gasteiger partial charge on any atom is -0.451 e. The van der Waals surface area contributed by atoms with Crippen molar-refractivity contribution < 1.29 is 18.7 Å². The molecular weight excluding hydrogens is 411 g/mol. The third kappa shape index (κ3) is 4.00. The molecule has 3 aromatic carbocycles. The van der Waals surface area contributed by atoms with E-state index in [0.717, 1.165) is 5.56 Å². The summed E-state index contributed by atoms with van der Waals surface area (Å²) in [4.78, 5) is 38.1. The van der Waals surface area contributed by atoms with Crippen LogP contribution in [0.5, 0.6) is 0 Å². The maximum absolute atomic E-state index is 13.7. The number of halogens is 1. The highest BCUT2D eigenvalue weighted by Crippen LogP contribution is 2.30. The third-order valence-electron chi connectivity index (χ3n) is 5.04. The summed E-state index contributed by atoms with van der Waals surface area (Å²) in [6, 6.07) is 21.8. The Hall–Kier alpha value is -4.26. The summed E-state index contributed by atoms with van der Waals surface area (Å²) >= 11 is 0. The van der Waals surface area contributed by atoms with Crippen molar-refractivity contribution in [3.8, 4) is 11.1 Å². The normalized spacial score (nSPS) is 10.7. The number of benzene rings is 3. The van der Waals surface area contributed by atoms with Gasteiger partial charge >= 0.3 is 5.97 Å². The maximum atomic E-state index is 13.7. The molecule has 1 N–H and O–H groups in total. The van der Waals surface area contributed by atoms with Gasteiger partial charge in [-0.25, -0.2) is 9.18 Å². The van der Waals surface area contributed by atoms with Gasteiger partial charge in [-0.15, -0.1) is 0 Å². The summed E-state index contributed by atoms with van der Waals surface area (Å²) in [5, 5.41) is 3.42. The molecule has 160 valence electrons. The van der Waals surface area contributed by atoms with Crippen LogP contribution in [0.1, 0.15) is 10.5 Å². The number of hydrogen-bond donors (Lipinski definition) is 1. The molecule has 0 atom stereocenters.